The van der Waals surface area contributed by atoms with Crippen LogP contribution < -0.4 is 10.8 Å². The zero-order valence-electron chi connectivity index (χ0n) is 18.3. The topological polar surface area (TPSA) is 67.2 Å². The molecule has 2 heterocycles. The lowest BCUT2D eigenvalue weighted by molar-refractivity contribution is 0.00578. The number of hydrogen-bond acceptors (Lipinski definition) is 5. The standard InChI is InChI=1S/C24H28BN3O2/c1-16(17-9-7-6-8-10-17)28-22-18(14-26)15-27-21-12-11-19(13-20(21)22)25-29-23(2,3)24(4,5)30-25/h7,9-13,15-16H,6,8H2,1-5H3,(H,27,28). The van der Waals surface area contributed by atoms with Crippen LogP contribution in [-0.4, -0.2) is 29.3 Å². The van der Waals surface area contributed by atoms with Gasteiger partial charge in [-0.1, -0.05) is 30.4 Å². The molecule has 2 aliphatic rings. The van der Waals surface area contributed by atoms with Crippen molar-refractivity contribution < 1.29 is 9.31 Å². The Kier molecular flexibility index (Phi) is 5.21. The number of aromatic nitrogens is 1. The molecular formula is C24H28BN3O2. The van der Waals surface area contributed by atoms with Crippen molar-refractivity contribution >= 4 is 29.2 Å². The zero-order valence-corrected chi connectivity index (χ0v) is 18.3. The molecule has 0 saturated carbocycles. The van der Waals surface area contributed by atoms with Crippen LogP contribution in [0.2, 0.25) is 0 Å². The maximum Gasteiger partial charge on any atom is 0.494 e. The van der Waals surface area contributed by atoms with Gasteiger partial charge in [-0.2, -0.15) is 5.26 Å². The first-order valence-electron chi connectivity index (χ1n) is 10.5. The monoisotopic (exact) mass is 401 g/mol. The lowest BCUT2D eigenvalue weighted by atomic mass is 9.78. The Hall–Kier alpha value is -2.62. The molecule has 6 heteroatoms. The number of allylic oxidation sites excluding steroid dienone is 2. The second-order valence-electron chi connectivity index (χ2n) is 9.07. The van der Waals surface area contributed by atoms with E-state index in [1.165, 1.54) is 5.57 Å². The molecule has 1 aliphatic carbocycles. The molecule has 1 atom stereocenters. The quantitative estimate of drug-likeness (QED) is 0.765. The van der Waals surface area contributed by atoms with Crippen LogP contribution in [0.25, 0.3) is 10.9 Å². The van der Waals surface area contributed by atoms with Crippen LogP contribution in [0.5, 0.6) is 0 Å². The van der Waals surface area contributed by atoms with Crippen molar-refractivity contribution in [1.82, 2.24) is 4.98 Å². The number of nitriles is 1. The fourth-order valence-corrected chi connectivity index (χ4v) is 3.83. The van der Waals surface area contributed by atoms with E-state index in [9.17, 15) is 5.26 Å². The number of hydrogen-bond donors (Lipinski definition) is 1. The Morgan fingerprint density at radius 2 is 1.90 bits per heavy atom. The molecule has 1 saturated heterocycles. The Balaban J connectivity index is 1.74. The Bertz CT molecular complexity index is 1070. The number of rotatable bonds is 4. The zero-order chi connectivity index (χ0) is 21.5. The van der Waals surface area contributed by atoms with Crippen molar-refractivity contribution in [3.05, 3.63) is 53.8 Å². The summed E-state index contributed by atoms with van der Waals surface area (Å²) in [4.78, 5) is 4.48. The van der Waals surface area contributed by atoms with E-state index in [0.29, 0.717) is 5.56 Å². The highest BCUT2D eigenvalue weighted by Crippen LogP contribution is 2.37. The first-order chi connectivity index (χ1) is 14.2. The summed E-state index contributed by atoms with van der Waals surface area (Å²) >= 11 is 0. The number of fused-ring (bicyclic) bond motifs is 1. The van der Waals surface area contributed by atoms with Gasteiger partial charge >= 0.3 is 7.12 Å². The summed E-state index contributed by atoms with van der Waals surface area (Å²) in [6.45, 7) is 10.3. The lowest BCUT2D eigenvalue weighted by Crippen LogP contribution is -2.41. The number of pyridine rings is 1. The largest absolute Gasteiger partial charge is 0.494 e. The fourth-order valence-electron chi connectivity index (χ4n) is 3.83. The van der Waals surface area contributed by atoms with Gasteiger partial charge in [-0.25, -0.2) is 0 Å². The molecule has 4 rings (SSSR count). The van der Waals surface area contributed by atoms with Crippen molar-refractivity contribution in [2.75, 3.05) is 5.32 Å². The summed E-state index contributed by atoms with van der Waals surface area (Å²) in [5.41, 5.74) is 3.50. The third-order valence-electron chi connectivity index (χ3n) is 6.42. The van der Waals surface area contributed by atoms with Gasteiger partial charge in [-0.3, -0.25) is 4.98 Å². The van der Waals surface area contributed by atoms with Crippen molar-refractivity contribution in [1.29, 1.82) is 5.26 Å². The van der Waals surface area contributed by atoms with Gasteiger partial charge in [0.15, 0.2) is 0 Å². The summed E-state index contributed by atoms with van der Waals surface area (Å²) < 4.78 is 12.5. The first kappa shape index (κ1) is 20.6. The molecule has 1 aliphatic heterocycles. The van der Waals surface area contributed by atoms with Gasteiger partial charge in [-0.15, -0.1) is 0 Å². The molecule has 1 unspecified atom stereocenters. The van der Waals surface area contributed by atoms with Gasteiger partial charge in [0.25, 0.3) is 0 Å². The Morgan fingerprint density at radius 3 is 2.53 bits per heavy atom. The summed E-state index contributed by atoms with van der Waals surface area (Å²) in [5.74, 6) is 0. The van der Waals surface area contributed by atoms with E-state index in [2.05, 4.69) is 41.5 Å². The molecule has 0 radical (unpaired) electrons. The second kappa shape index (κ2) is 7.57. The predicted octanol–water partition coefficient (Wildman–Crippen LogP) is 4.48. The maximum atomic E-state index is 9.71. The number of nitrogens with zero attached hydrogens (tertiary/aromatic N) is 2. The molecule has 1 fully saturated rings. The molecule has 1 aromatic heterocycles. The molecule has 0 bridgehead atoms. The van der Waals surface area contributed by atoms with Gasteiger partial charge in [0.05, 0.1) is 28.0 Å². The third kappa shape index (κ3) is 3.64. The molecular weight excluding hydrogens is 373 g/mol. The highest BCUT2D eigenvalue weighted by atomic mass is 16.7. The van der Waals surface area contributed by atoms with Gasteiger partial charge in [-0.05, 0) is 64.6 Å². The second-order valence-corrected chi connectivity index (χ2v) is 9.07. The molecule has 0 amide bonds. The Morgan fingerprint density at radius 1 is 1.17 bits per heavy atom. The van der Waals surface area contributed by atoms with E-state index in [0.717, 1.165) is 34.9 Å². The smallest absolute Gasteiger partial charge is 0.399 e. The van der Waals surface area contributed by atoms with E-state index in [1.54, 1.807) is 6.20 Å². The summed E-state index contributed by atoms with van der Waals surface area (Å²) in [7, 11) is -0.459. The van der Waals surface area contributed by atoms with Crippen LogP contribution in [0.3, 0.4) is 0 Å². The van der Waals surface area contributed by atoms with Gasteiger partial charge < -0.3 is 14.6 Å². The van der Waals surface area contributed by atoms with E-state index in [1.807, 2.05) is 45.9 Å². The van der Waals surface area contributed by atoms with E-state index in [4.69, 9.17) is 9.31 Å². The van der Waals surface area contributed by atoms with Crippen molar-refractivity contribution in [3.63, 3.8) is 0 Å². The summed E-state index contributed by atoms with van der Waals surface area (Å²) in [6.07, 6.45) is 10.4. The number of anilines is 1. The average Bonchev–Trinajstić information content (AvgIpc) is 2.95. The van der Waals surface area contributed by atoms with Gasteiger partial charge in [0, 0.05) is 17.6 Å². The highest BCUT2D eigenvalue weighted by molar-refractivity contribution is 6.62. The van der Waals surface area contributed by atoms with Crippen molar-refractivity contribution in [2.24, 2.45) is 0 Å². The van der Waals surface area contributed by atoms with Crippen molar-refractivity contribution in [2.45, 2.75) is 64.7 Å². The van der Waals surface area contributed by atoms with Gasteiger partial charge in [0.2, 0.25) is 0 Å². The van der Waals surface area contributed by atoms with E-state index in [-0.39, 0.29) is 6.04 Å². The van der Waals surface area contributed by atoms with Crippen LogP contribution in [0.1, 0.15) is 53.0 Å². The molecule has 1 N–H and O–H groups in total. The van der Waals surface area contributed by atoms with Crippen LogP contribution in [-0.2, 0) is 9.31 Å². The number of benzene rings is 1. The van der Waals surface area contributed by atoms with Gasteiger partial charge in [0.1, 0.15) is 6.07 Å². The van der Waals surface area contributed by atoms with Crippen LogP contribution in [0.4, 0.5) is 5.69 Å². The van der Waals surface area contributed by atoms with Crippen LogP contribution >= 0.6 is 0 Å². The highest BCUT2D eigenvalue weighted by Gasteiger charge is 2.51. The first-order valence-corrected chi connectivity index (χ1v) is 10.5. The molecule has 154 valence electrons. The molecule has 5 nitrogen and oxygen atoms in total. The van der Waals surface area contributed by atoms with E-state index < -0.39 is 18.3 Å². The van der Waals surface area contributed by atoms with E-state index >= 15 is 0 Å². The van der Waals surface area contributed by atoms with Crippen LogP contribution in [0.15, 0.2) is 48.2 Å². The minimum absolute atomic E-state index is 0.0831. The average molecular weight is 401 g/mol. The summed E-state index contributed by atoms with van der Waals surface area (Å²) in [6, 6.07) is 8.36. The maximum absolute atomic E-state index is 9.71. The van der Waals surface area contributed by atoms with Crippen LogP contribution in [0, 0.1) is 11.3 Å². The third-order valence-corrected chi connectivity index (χ3v) is 6.42. The van der Waals surface area contributed by atoms with Crippen molar-refractivity contribution in [3.8, 4) is 6.07 Å². The molecule has 2 aromatic rings. The molecule has 0 spiro atoms. The predicted molar refractivity (Wildman–Crippen MR) is 122 cm³/mol. The SMILES string of the molecule is CC(Nc1c(C#N)cnc2ccc(B3OC(C)(C)C(C)(C)O3)cc12)C1=CCCC=C1. The normalized spacial score (nSPS) is 20.7. The minimum Gasteiger partial charge on any atom is -0.399 e. The fraction of sp³-hybridized carbons (Fsp3) is 0.417. The molecule has 30 heavy (non-hydrogen) atoms. The summed E-state index contributed by atoms with van der Waals surface area (Å²) in [5, 5.41) is 14.2. The minimum atomic E-state index is -0.459. The molecule has 1 aromatic carbocycles. The lowest BCUT2D eigenvalue weighted by Gasteiger charge is -2.32. The Labute approximate surface area is 178 Å². The number of nitrogens with one attached hydrogen (secondary N) is 1.